The number of benzene rings is 1. The summed E-state index contributed by atoms with van der Waals surface area (Å²) in [5.74, 6) is -0.0663. The summed E-state index contributed by atoms with van der Waals surface area (Å²) in [7, 11) is 1.77. The summed E-state index contributed by atoms with van der Waals surface area (Å²) in [5, 5.41) is 2.97. The highest BCUT2D eigenvalue weighted by Gasteiger charge is 2.14. The number of rotatable bonds is 5. The zero-order chi connectivity index (χ0) is 11.3. The maximum absolute atomic E-state index is 12.6. The molecule has 2 nitrogen and oxygen atoms in total. The van der Waals surface area contributed by atoms with Gasteiger partial charge in [0.05, 0.1) is 6.04 Å². The van der Waals surface area contributed by atoms with Gasteiger partial charge in [0, 0.05) is 7.85 Å². The normalized spacial score (nSPS) is 12.5. The molecule has 1 N–H and O–H groups in total. The fraction of sp³-hybridized carbons (Fsp3) is 0.417. The van der Waals surface area contributed by atoms with Crippen LogP contribution >= 0.6 is 0 Å². The lowest BCUT2D eigenvalue weighted by molar-refractivity contribution is -0.120. The van der Waals surface area contributed by atoms with Crippen LogP contribution in [0.1, 0.15) is 20.3 Å². The van der Waals surface area contributed by atoms with Gasteiger partial charge in [0.25, 0.3) is 0 Å². The Morgan fingerprint density at radius 1 is 1.47 bits per heavy atom. The molecule has 84 valence electrons. The smallest absolute Gasteiger partial charge is 0.149 e. The van der Waals surface area contributed by atoms with E-state index in [2.05, 4.69) is 5.32 Å². The van der Waals surface area contributed by atoms with Crippen molar-refractivity contribution in [2.24, 2.45) is 0 Å². The molecular formula is C12H18FNO. The van der Waals surface area contributed by atoms with Gasteiger partial charge in [0.15, 0.2) is 0 Å². The second-order valence-corrected chi connectivity index (χ2v) is 3.49. The number of ketones is 1. The largest absolute Gasteiger partial charge is 0.310 e. The van der Waals surface area contributed by atoms with E-state index in [-0.39, 0.29) is 19.1 Å². The Labute approximate surface area is 91.0 Å². The van der Waals surface area contributed by atoms with Crippen molar-refractivity contribution in [3.05, 3.63) is 35.6 Å². The highest BCUT2D eigenvalue weighted by molar-refractivity contribution is 5.83. The number of carbonyl (C=O) groups excluding carboxylic acids is 1. The fourth-order valence-electron chi connectivity index (χ4n) is 1.48. The Balaban J connectivity index is 0.00000225. The highest BCUT2D eigenvalue weighted by atomic mass is 19.1. The number of hydrogen-bond acceptors (Lipinski definition) is 2. The molecule has 0 fully saturated rings. The summed E-state index contributed by atoms with van der Waals surface area (Å²) in [6, 6.07) is 6.09. The lowest BCUT2D eigenvalue weighted by Gasteiger charge is -2.13. The zero-order valence-corrected chi connectivity index (χ0v) is 9.09. The second-order valence-electron chi connectivity index (χ2n) is 3.49. The van der Waals surface area contributed by atoms with E-state index in [0.29, 0.717) is 12.8 Å². The van der Waals surface area contributed by atoms with Gasteiger partial charge in [0.2, 0.25) is 0 Å². The van der Waals surface area contributed by atoms with E-state index in [1.165, 1.54) is 12.1 Å². The summed E-state index contributed by atoms with van der Waals surface area (Å²) < 4.78 is 12.6. The van der Waals surface area contributed by atoms with Crippen molar-refractivity contribution in [1.29, 1.82) is 0 Å². The van der Waals surface area contributed by atoms with Crippen molar-refractivity contribution in [3.8, 4) is 0 Å². The third-order valence-electron chi connectivity index (χ3n) is 2.44. The molecular weight excluding hydrogens is 193 g/mol. The first kappa shape index (κ1) is 11.9. The van der Waals surface area contributed by atoms with Crippen LogP contribution in [0.15, 0.2) is 24.3 Å². The summed E-state index contributed by atoms with van der Waals surface area (Å²) in [6.45, 7) is 1.84. The first-order valence-electron chi connectivity index (χ1n) is 5.11. The van der Waals surface area contributed by atoms with Crippen LogP contribution < -0.4 is 5.32 Å². The van der Waals surface area contributed by atoms with Crippen LogP contribution in [0.2, 0.25) is 0 Å². The van der Waals surface area contributed by atoms with Gasteiger partial charge in [-0.2, -0.15) is 0 Å². The minimum Gasteiger partial charge on any atom is -0.310 e. The molecule has 1 atom stereocenters. The summed E-state index contributed by atoms with van der Waals surface area (Å²) >= 11 is 0. The molecule has 0 radical (unpaired) electrons. The molecule has 3 heteroatoms. The number of Topliss-reactive ketones (excluding diaryl/α,β-unsaturated/α-hetero) is 1. The molecule has 0 aliphatic carbocycles. The monoisotopic (exact) mass is 211 g/mol. The van der Waals surface area contributed by atoms with E-state index < -0.39 is 0 Å². The summed E-state index contributed by atoms with van der Waals surface area (Å²) in [5.41, 5.74) is 0.970. The molecule has 0 spiro atoms. The fourth-order valence-corrected chi connectivity index (χ4v) is 1.48. The van der Waals surface area contributed by atoms with Crippen LogP contribution in [-0.4, -0.2) is 18.9 Å². The molecule has 0 saturated carbocycles. The molecule has 0 aliphatic heterocycles. The number of hydrogen-bond donors (Lipinski definition) is 1. The predicted octanol–water partition coefficient (Wildman–Crippen LogP) is 2.18. The van der Waals surface area contributed by atoms with E-state index >= 15 is 0 Å². The van der Waals surface area contributed by atoms with E-state index in [4.69, 9.17) is 0 Å². The molecule has 1 rings (SSSR count). The van der Waals surface area contributed by atoms with Crippen molar-refractivity contribution in [3.63, 3.8) is 0 Å². The third-order valence-corrected chi connectivity index (χ3v) is 2.44. The highest BCUT2D eigenvalue weighted by Crippen LogP contribution is 2.07. The lowest BCUT2D eigenvalue weighted by Crippen LogP contribution is -2.35. The van der Waals surface area contributed by atoms with Crippen LogP contribution in [0.3, 0.4) is 0 Å². The van der Waals surface area contributed by atoms with Gasteiger partial charge in [0.1, 0.15) is 11.6 Å². The van der Waals surface area contributed by atoms with E-state index in [1.54, 1.807) is 19.2 Å². The first-order valence-corrected chi connectivity index (χ1v) is 5.11. The Bertz CT molecular complexity index is 326. The molecule has 0 saturated heterocycles. The standard InChI is InChI=1S/C12H16FNO.H2/c1-3-12(15)11(14-2)8-9-4-6-10(13)7-5-9;/h4-7,11,14H,3,8H2,1-2H3;1H/t11-;/m0./s1. The van der Waals surface area contributed by atoms with Crippen LogP contribution in [0.5, 0.6) is 0 Å². The molecule has 0 bridgehead atoms. The summed E-state index contributed by atoms with van der Waals surface area (Å²) in [6.07, 6.45) is 1.14. The van der Waals surface area contributed by atoms with Crippen LogP contribution in [0.25, 0.3) is 0 Å². The van der Waals surface area contributed by atoms with Crippen molar-refractivity contribution < 1.29 is 10.6 Å². The molecule has 0 aromatic heterocycles. The number of nitrogens with one attached hydrogen (secondary N) is 1. The number of likely N-dealkylation sites (N-methyl/N-ethyl adjacent to an activating group) is 1. The van der Waals surface area contributed by atoms with Crippen molar-refractivity contribution in [2.75, 3.05) is 7.05 Å². The number of halogens is 1. The predicted molar refractivity (Wildman–Crippen MR) is 60.4 cm³/mol. The van der Waals surface area contributed by atoms with Gasteiger partial charge < -0.3 is 5.32 Å². The van der Waals surface area contributed by atoms with Gasteiger partial charge in [-0.25, -0.2) is 4.39 Å². The van der Waals surface area contributed by atoms with Crippen LogP contribution in [-0.2, 0) is 11.2 Å². The third kappa shape index (κ3) is 3.44. The SMILES string of the molecule is CCC(=O)[C@H](Cc1ccc(F)cc1)NC.[HH]. The lowest BCUT2D eigenvalue weighted by atomic mass is 10.0. The molecule has 0 amide bonds. The molecule has 1 aromatic carbocycles. The Morgan fingerprint density at radius 3 is 2.53 bits per heavy atom. The van der Waals surface area contributed by atoms with Gasteiger partial charge in [-0.3, -0.25) is 4.79 Å². The Kier molecular flexibility index (Phi) is 4.43. The van der Waals surface area contributed by atoms with Gasteiger partial charge in [-0.15, -0.1) is 0 Å². The quantitative estimate of drug-likeness (QED) is 0.808. The first-order chi connectivity index (χ1) is 7.17. The molecule has 1 aromatic rings. The molecule has 0 heterocycles. The minimum absolute atomic E-state index is 0. The maximum Gasteiger partial charge on any atom is 0.149 e. The molecule has 0 unspecified atom stereocenters. The average Bonchev–Trinajstić information content (AvgIpc) is 2.27. The number of carbonyl (C=O) groups is 1. The van der Waals surface area contributed by atoms with Gasteiger partial charge >= 0.3 is 0 Å². The maximum atomic E-state index is 12.6. The second kappa shape index (κ2) is 5.61. The van der Waals surface area contributed by atoms with Gasteiger partial charge in [-0.1, -0.05) is 19.1 Å². The van der Waals surface area contributed by atoms with Gasteiger partial charge in [-0.05, 0) is 31.2 Å². The topological polar surface area (TPSA) is 29.1 Å². The Hall–Kier alpha value is -1.22. The van der Waals surface area contributed by atoms with Crippen molar-refractivity contribution >= 4 is 5.78 Å². The van der Waals surface area contributed by atoms with Crippen LogP contribution in [0.4, 0.5) is 4.39 Å². The van der Waals surface area contributed by atoms with E-state index in [0.717, 1.165) is 5.56 Å². The molecule has 0 aliphatic rings. The minimum atomic E-state index is -0.249. The average molecular weight is 211 g/mol. The van der Waals surface area contributed by atoms with Crippen molar-refractivity contribution in [1.82, 2.24) is 5.32 Å². The van der Waals surface area contributed by atoms with Crippen LogP contribution in [0, 0.1) is 5.82 Å². The summed E-state index contributed by atoms with van der Waals surface area (Å²) in [4.78, 5) is 11.5. The Morgan fingerprint density at radius 2 is 2.07 bits per heavy atom. The van der Waals surface area contributed by atoms with E-state index in [1.807, 2.05) is 6.92 Å². The van der Waals surface area contributed by atoms with Crippen molar-refractivity contribution in [2.45, 2.75) is 25.8 Å². The zero-order valence-electron chi connectivity index (χ0n) is 9.09. The molecule has 15 heavy (non-hydrogen) atoms. The van der Waals surface area contributed by atoms with E-state index in [9.17, 15) is 9.18 Å².